The van der Waals surface area contributed by atoms with Crippen LogP contribution in [-0.4, -0.2) is 29.9 Å². The zero-order valence-electron chi connectivity index (χ0n) is 13.3. The van der Waals surface area contributed by atoms with Gasteiger partial charge in [-0.2, -0.15) is 0 Å². The Morgan fingerprint density at radius 3 is 2.75 bits per heavy atom. The van der Waals surface area contributed by atoms with Gasteiger partial charge in [0.15, 0.2) is 0 Å². The van der Waals surface area contributed by atoms with Gasteiger partial charge in [-0.1, -0.05) is 12.1 Å². The summed E-state index contributed by atoms with van der Waals surface area (Å²) in [5.74, 6) is 1.47. The lowest BCUT2D eigenvalue weighted by atomic mass is 10.1. The van der Waals surface area contributed by atoms with Crippen LogP contribution in [0.1, 0.15) is 17.9 Å². The van der Waals surface area contributed by atoms with Crippen molar-refractivity contribution in [1.82, 2.24) is 10.4 Å². The lowest BCUT2D eigenvalue weighted by Crippen LogP contribution is -2.36. The fourth-order valence-corrected chi connectivity index (χ4v) is 2.74. The molecule has 1 aliphatic carbocycles. The van der Waals surface area contributed by atoms with Crippen molar-refractivity contribution >= 4 is 6.03 Å². The van der Waals surface area contributed by atoms with Gasteiger partial charge >= 0.3 is 6.03 Å². The average molecular weight is 330 g/mol. The second-order valence-corrected chi connectivity index (χ2v) is 5.87. The second kappa shape index (κ2) is 6.88. The van der Waals surface area contributed by atoms with E-state index in [4.69, 9.17) is 4.74 Å². The van der Waals surface area contributed by atoms with E-state index >= 15 is 0 Å². The molecule has 2 aromatic carbocycles. The minimum Gasteiger partial charge on any atom is -0.457 e. The molecular formula is C18H19FN2O3. The van der Waals surface area contributed by atoms with Gasteiger partial charge in [0.1, 0.15) is 17.3 Å². The molecule has 0 spiro atoms. The summed E-state index contributed by atoms with van der Waals surface area (Å²) in [7, 11) is 1.48. The van der Waals surface area contributed by atoms with E-state index in [1.807, 2.05) is 24.3 Å². The first kappa shape index (κ1) is 16.3. The predicted octanol–water partition coefficient (Wildman–Crippen LogP) is 3.75. The highest BCUT2D eigenvalue weighted by Gasteiger charge is 2.40. The first-order chi connectivity index (χ1) is 11.6. The zero-order valence-corrected chi connectivity index (χ0v) is 13.3. The number of hydrogen-bond donors (Lipinski definition) is 2. The number of hydrogen-bond acceptors (Lipinski definition) is 3. The minimum absolute atomic E-state index is 0.230. The van der Waals surface area contributed by atoms with Crippen molar-refractivity contribution in [3.8, 4) is 11.5 Å². The summed E-state index contributed by atoms with van der Waals surface area (Å²) < 4.78 is 18.7. The van der Waals surface area contributed by atoms with Gasteiger partial charge in [0, 0.05) is 7.05 Å². The first-order valence-electron chi connectivity index (χ1n) is 7.78. The molecule has 0 heterocycles. The second-order valence-electron chi connectivity index (χ2n) is 5.87. The Morgan fingerprint density at radius 2 is 2.04 bits per heavy atom. The summed E-state index contributed by atoms with van der Waals surface area (Å²) in [5.41, 5.74) is 1.10. The Hall–Kier alpha value is -2.60. The number of halogens is 1. The van der Waals surface area contributed by atoms with Crippen molar-refractivity contribution in [1.29, 1.82) is 0 Å². The van der Waals surface area contributed by atoms with Crippen LogP contribution in [0.25, 0.3) is 0 Å². The van der Waals surface area contributed by atoms with Gasteiger partial charge in [0.2, 0.25) is 0 Å². The number of benzene rings is 2. The molecule has 6 heteroatoms. The van der Waals surface area contributed by atoms with Gasteiger partial charge in [0.25, 0.3) is 0 Å². The van der Waals surface area contributed by atoms with Gasteiger partial charge in [-0.3, -0.25) is 5.21 Å². The summed E-state index contributed by atoms with van der Waals surface area (Å²) in [4.78, 5) is 11.3. The number of nitrogens with zero attached hydrogens (tertiary/aromatic N) is 1. The van der Waals surface area contributed by atoms with Gasteiger partial charge in [0.05, 0.1) is 6.54 Å². The molecule has 5 nitrogen and oxygen atoms in total. The first-order valence-corrected chi connectivity index (χ1v) is 7.78. The molecule has 1 fully saturated rings. The molecule has 0 bridgehead atoms. The summed E-state index contributed by atoms with van der Waals surface area (Å²) in [6.07, 6.45) is 0.911. The van der Waals surface area contributed by atoms with Crippen molar-refractivity contribution in [2.45, 2.75) is 12.3 Å². The van der Waals surface area contributed by atoms with Crippen LogP contribution in [-0.2, 0) is 0 Å². The van der Waals surface area contributed by atoms with Crippen LogP contribution in [0.3, 0.4) is 0 Å². The van der Waals surface area contributed by atoms with Crippen LogP contribution < -0.4 is 10.1 Å². The number of urea groups is 1. The predicted molar refractivity (Wildman–Crippen MR) is 86.7 cm³/mol. The molecule has 24 heavy (non-hydrogen) atoms. The van der Waals surface area contributed by atoms with Crippen LogP contribution in [0.4, 0.5) is 9.18 Å². The maximum absolute atomic E-state index is 12.9. The van der Waals surface area contributed by atoms with Gasteiger partial charge in [-0.05, 0) is 60.2 Å². The van der Waals surface area contributed by atoms with Crippen molar-refractivity contribution in [2.24, 2.45) is 5.92 Å². The van der Waals surface area contributed by atoms with Crippen LogP contribution in [0.15, 0.2) is 48.5 Å². The molecule has 0 aromatic heterocycles. The smallest absolute Gasteiger partial charge is 0.340 e. The standard InChI is InChI=1S/C18H19FN2O3/c1-20-18(22)21(23)11-13-10-17(13)12-3-2-4-16(9-12)24-15-7-5-14(19)6-8-15/h2-9,13,17,23H,10-11H2,1H3,(H,20,22)/t13-,17-/m0/s1. The van der Waals surface area contributed by atoms with Crippen molar-refractivity contribution < 1.29 is 19.1 Å². The minimum atomic E-state index is -0.506. The molecule has 3 rings (SSSR count). The van der Waals surface area contributed by atoms with E-state index in [2.05, 4.69) is 5.32 Å². The lowest BCUT2D eigenvalue weighted by Gasteiger charge is -2.14. The third-order valence-corrected chi connectivity index (χ3v) is 4.11. The number of carbonyl (C=O) groups excluding carboxylic acids is 1. The summed E-state index contributed by atoms with van der Waals surface area (Å²) in [6.45, 7) is 0.299. The van der Waals surface area contributed by atoms with E-state index < -0.39 is 6.03 Å². The third-order valence-electron chi connectivity index (χ3n) is 4.11. The maximum atomic E-state index is 12.9. The maximum Gasteiger partial charge on any atom is 0.340 e. The Morgan fingerprint density at radius 1 is 1.29 bits per heavy atom. The zero-order chi connectivity index (χ0) is 17.1. The van der Waals surface area contributed by atoms with E-state index in [1.54, 1.807) is 12.1 Å². The molecule has 1 aliphatic rings. The molecule has 0 unspecified atom stereocenters. The summed E-state index contributed by atoms with van der Waals surface area (Å²) in [6, 6.07) is 13.0. The van der Waals surface area contributed by atoms with E-state index in [9.17, 15) is 14.4 Å². The highest BCUT2D eigenvalue weighted by atomic mass is 19.1. The van der Waals surface area contributed by atoms with Gasteiger partial charge < -0.3 is 10.1 Å². The Labute approximate surface area is 139 Å². The number of ether oxygens (including phenoxy) is 1. The highest BCUT2D eigenvalue weighted by Crippen LogP contribution is 2.48. The SMILES string of the molecule is CNC(=O)N(O)C[C@@H]1C[C@H]1c1cccc(Oc2ccc(F)cc2)c1. The molecule has 2 aromatic rings. The van der Waals surface area contributed by atoms with E-state index in [0.717, 1.165) is 12.0 Å². The van der Waals surface area contributed by atoms with Crippen LogP contribution in [0.5, 0.6) is 11.5 Å². The molecule has 1 saturated carbocycles. The number of amides is 2. The van der Waals surface area contributed by atoms with E-state index in [-0.39, 0.29) is 11.7 Å². The fraction of sp³-hybridized carbons (Fsp3) is 0.278. The van der Waals surface area contributed by atoms with Gasteiger partial charge in [-0.25, -0.2) is 14.2 Å². The molecule has 2 N–H and O–H groups in total. The molecule has 0 saturated heterocycles. The fourth-order valence-electron chi connectivity index (χ4n) is 2.74. The molecule has 0 radical (unpaired) electrons. The highest BCUT2D eigenvalue weighted by molar-refractivity contribution is 5.72. The summed E-state index contributed by atoms with van der Waals surface area (Å²) in [5, 5.41) is 12.7. The lowest BCUT2D eigenvalue weighted by molar-refractivity contribution is -0.0462. The quantitative estimate of drug-likeness (QED) is 0.648. The number of carbonyl (C=O) groups is 1. The van der Waals surface area contributed by atoms with E-state index in [0.29, 0.717) is 29.0 Å². The molecule has 126 valence electrons. The largest absolute Gasteiger partial charge is 0.457 e. The van der Waals surface area contributed by atoms with Crippen molar-refractivity contribution in [2.75, 3.05) is 13.6 Å². The van der Waals surface area contributed by atoms with Gasteiger partial charge in [-0.15, -0.1) is 0 Å². The Kier molecular flexibility index (Phi) is 4.66. The molecule has 2 atom stereocenters. The van der Waals surface area contributed by atoms with E-state index in [1.165, 1.54) is 19.2 Å². The van der Waals surface area contributed by atoms with Crippen LogP contribution >= 0.6 is 0 Å². The Balaban J connectivity index is 1.62. The monoisotopic (exact) mass is 330 g/mol. The number of hydroxylamine groups is 2. The molecule has 2 amide bonds. The average Bonchev–Trinajstić information content (AvgIpc) is 3.35. The van der Waals surface area contributed by atoms with Crippen molar-refractivity contribution in [3.63, 3.8) is 0 Å². The number of nitrogens with one attached hydrogen (secondary N) is 1. The normalized spacial score (nSPS) is 18.8. The molecular weight excluding hydrogens is 311 g/mol. The van der Waals surface area contributed by atoms with Crippen LogP contribution in [0.2, 0.25) is 0 Å². The van der Waals surface area contributed by atoms with Crippen LogP contribution in [0, 0.1) is 11.7 Å². The Bertz CT molecular complexity index is 720. The molecule has 0 aliphatic heterocycles. The third kappa shape index (κ3) is 3.83. The number of rotatable bonds is 5. The summed E-state index contributed by atoms with van der Waals surface area (Å²) >= 11 is 0. The topological polar surface area (TPSA) is 61.8 Å². The van der Waals surface area contributed by atoms with Crippen molar-refractivity contribution in [3.05, 3.63) is 59.9 Å².